The van der Waals surface area contributed by atoms with Gasteiger partial charge < -0.3 is 10.4 Å². The van der Waals surface area contributed by atoms with E-state index in [1.54, 1.807) is 10.9 Å². The van der Waals surface area contributed by atoms with Crippen LogP contribution < -0.4 is 5.32 Å². The first-order valence-electron chi connectivity index (χ1n) is 6.50. The summed E-state index contributed by atoms with van der Waals surface area (Å²) in [6.45, 7) is 1.54. The van der Waals surface area contributed by atoms with Gasteiger partial charge >= 0.3 is 6.18 Å². The molecule has 4 nitrogen and oxygen atoms in total. The maximum atomic E-state index is 12.4. The molecular weight excluding hydrogens is 283 g/mol. The normalized spacial score (nSPS) is 13.3. The van der Waals surface area contributed by atoms with Crippen molar-refractivity contribution in [3.8, 4) is 0 Å². The van der Waals surface area contributed by atoms with E-state index in [4.69, 9.17) is 0 Å². The molecule has 0 bridgehead atoms. The van der Waals surface area contributed by atoms with Crippen molar-refractivity contribution >= 4 is 0 Å². The molecule has 1 aromatic carbocycles. The van der Waals surface area contributed by atoms with Gasteiger partial charge in [0.25, 0.3) is 0 Å². The van der Waals surface area contributed by atoms with Gasteiger partial charge in [-0.3, -0.25) is 4.68 Å². The average molecular weight is 299 g/mol. The Balaban J connectivity index is 1.79. The maximum absolute atomic E-state index is 12.4. The molecule has 0 saturated carbocycles. The fourth-order valence-corrected chi connectivity index (χ4v) is 1.88. The van der Waals surface area contributed by atoms with E-state index in [1.807, 2.05) is 12.3 Å². The van der Waals surface area contributed by atoms with Crippen LogP contribution in [0.25, 0.3) is 0 Å². The van der Waals surface area contributed by atoms with Gasteiger partial charge in [0.1, 0.15) is 0 Å². The predicted octanol–water partition coefficient (Wildman–Crippen LogP) is 2.23. The number of nitrogens with one attached hydrogen (secondary N) is 1. The third-order valence-corrected chi connectivity index (χ3v) is 3.04. The van der Waals surface area contributed by atoms with Crippen LogP contribution in [0.15, 0.2) is 42.7 Å². The van der Waals surface area contributed by atoms with Gasteiger partial charge in [-0.2, -0.15) is 18.3 Å². The molecular formula is C14H16F3N3O. The van der Waals surface area contributed by atoms with Crippen molar-refractivity contribution < 1.29 is 18.3 Å². The van der Waals surface area contributed by atoms with Crippen LogP contribution in [0, 0.1) is 0 Å². The number of hydrogen-bond donors (Lipinski definition) is 2. The molecule has 0 unspecified atom stereocenters. The molecule has 2 N–H and O–H groups in total. The zero-order valence-electron chi connectivity index (χ0n) is 11.2. The Morgan fingerprint density at radius 1 is 1.24 bits per heavy atom. The first-order chi connectivity index (χ1) is 9.97. The number of hydrogen-bond acceptors (Lipinski definition) is 3. The summed E-state index contributed by atoms with van der Waals surface area (Å²) >= 11 is 0. The minimum absolute atomic E-state index is 0.270. The largest absolute Gasteiger partial charge is 0.416 e. The number of alkyl halides is 3. The molecule has 0 amide bonds. The monoisotopic (exact) mass is 299 g/mol. The van der Waals surface area contributed by atoms with Crippen LogP contribution in [0.4, 0.5) is 13.2 Å². The molecule has 7 heteroatoms. The topological polar surface area (TPSA) is 50.1 Å². The van der Waals surface area contributed by atoms with Crippen LogP contribution in [-0.2, 0) is 12.7 Å². The highest BCUT2D eigenvalue weighted by Crippen LogP contribution is 2.29. The number of benzene rings is 1. The summed E-state index contributed by atoms with van der Waals surface area (Å²) in [5.41, 5.74) is -0.264. The average Bonchev–Trinajstić information content (AvgIpc) is 2.96. The summed E-state index contributed by atoms with van der Waals surface area (Å²) in [5.74, 6) is 0. The lowest BCUT2D eigenvalue weighted by Crippen LogP contribution is -2.25. The van der Waals surface area contributed by atoms with Crippen molar-refractivity contribution in [3.63, 3.8) is 0 Å². The zero-order valence-corrected chi connectivity index (χ0v) is 11.2. The van der Waals surface area contributed by atoms with Crippen LogP contribution >= 0.6 is 0 Å². The van der Waals surface area contributed by atoms with E-state index in [-0.39, 0.29) is 6.54 Å². The first-order valence-corrected chi connectivity index (χ1v) is 6.50. The number of nitrogens with zero attached hydrogens (tertiary/aromatic N) is 2. The van der Waals surface area contributed by atoms with Gasteiger partial charge in [-0.1, -0.05) is 12.1 Å². The van der Waals surface area contributed by atoms with Gasteiger partial charge in [-0.15, -0.1) is 0 Å². The summed E-state index contributed by atoms with van der Waals surface area (Å²) in [6, 6.07) is 6.35. The predicted molar refractivity (Wildman–Crippen MR) is 71.5 cm³/mol. The number of halogens is 3. The molecule has 1 atom stereocenters. The molecule has 0 saturated heterocycles. The van der Waals surface area contributed by atoms with E-state index in [0.29, 0.717) is 18.7 Å². The van der Waals surface area contributed by atoms with Crippen LogP contribution in [-0.4, -0.2) is 28.0 Å². The van der Waals surface area contributed by atoms with Crippen molar-refractivity contribution in [2.75, 3.05) is 13.1 Å². The minimum Gasteiger partial charge on any atom is -0.387 e. The van der Waals surface area contributed by atoms with Crippen molar-refractivity contribution in [1.29, 1.82) is 0 Å². The van der Waals surface area contributed by atoms with Crippen LogP contribution in [0.5, 0.6) is 0 Å². The van der Waals surface area contributed by atoms with Crippen molar-refractivity contribution in [2.45, 2.75) is 18.8 Å². The summed E-state index contributed by atoms with van der Waals surface area (Å²) in [4.78, 5) is 0. The fraction of sp³-hybridized carbons (Fsp3) is 0.357. The number of rotatable bonds is 6. The van der Waals surface area contributed by atoms with E-state index >= 15 is 0 Å². The second kappa shape index (κ2) is 6.73. The molecule has 21 heavy (non-hydrogen) atoms. The first kappa shape index (κ1) is 15.5. The SMILES string of the molecule is O[C@H](CNCCn1cccn1)c1ccc(C(F)(F)F)cc1. The van der Waals surface area contributed by atoms with E-state index in [2.05, 4.69) is 10.4 Å². The van der Waals surface area contributed by atoms with Crippen LogP contribution in [0.1, 0.15) is 17.2 Å². The Hall–Kier alpha value is -1.86. The summed E-state index contributed by atoms with van der Waals surface area (Å²) in [7, 11) is 0. The summed E-state index contributed by atoms with van der Waals surface area (Å²) in [6.07, 6.45) is -1.69. The Morgan fingerprint density at radius 2 is 1.95 bits per heavy atom. The van der Waals surface area contributed by atoms with Crippen molar-refractivity contribution in [3.05, 3.63) is 53.9 Å². The second-order valence-electron chi connectivity index (χ2n) is 4.61. The molecule has 1 aromatic heterocycles. The van der Waals surface area contributed by atoms with Gasteiger partial charge in [0.15, 0.2) is 0 Å². The molecule has 0 spiro atoms. The molecule has 114 valence electrons. The van der Waals surface area contributed by atoms with Gasteiger partial charge in [0.05, 0.1) is 18.2 Å². The maximum Gasteiger partial charge on any atom is 0.416 e. The number of aromatic nitrogens is 2. The third-order valence-electron chi connectivity index (χ3n) is 3.04. The van der Waals surface area contributed by atoms with E-state index in [1.165, 1.54) is 12.1 Å². The van der Waals surface area contributed by atoms with E-state index < -0.39 is 17.8 Å². The molecule has 0 radical (unpaired) electrons. The zero-order chi connectivity index (χ0) is 15.3. The smallest absolute Gasteiger partial charge is 0.387 e. The summed E-state index contributed by atoms with van der Waals surface area (Å²) in [5, 5.41) is 17.0. The fourth-order valence-electron chi connectivity index (χ4n) is 1.88. The molecule has 0 aliphatic carbocycles. The lowest BCUT2D eigenvalue weighted by Gasteiger charge is -2.13. The quantitative estimate of drug-likeness (QED) is 0.804. The highest BCUT2D eigenvalue weighted by molar-refractivity contribution is 5.26. The third kappa shape index (κ3) is 4.57. The van der Waals surface area contributed by atoms with Crippen molar-refractivity contribution in [2.24, 2.45) is 0 Å². The Kier molecular flexibility index (Phi) is 4.98. The molecule has 2 rings (SSSR count). The Labute approximate surface area is 120 Å². The lowest BCUT2D eigenvalue weighted by molar-refractivity contribution is -0.137. The van der Waals surface area contributed by atoms with Crippen LogP contribution in [0.2, 0.25) is 0 Å². The minimum atomic E-state index is -4.36. The standard InChI is InChI=1S/C14H16F3N3O/c15-14(16,17)12-4-2-11(3-5-12)13(21)10-18-7-9-20-8-1-6-19-20/h1-6,8,13,18,21H,7,9-10H2/t13-/m1/s1. The molecule has 0 aliphatic heterocycles. The highest BCUT2D eigenvalue weighted by Gasteiger charge is 2.30. The lowest BCUT2D eigenvalue weighted by atomic mass is 10.1. The van der Waals surface area contributed by atoms with Gasteiger partial charge in [-0.25, -0.2) is 0 Å². The summed E-state index contributed by atoms with van der Waals surface area (Å²) < 4.78 is 39.0. The number of aliphatic hydroxyl groups is 1. The number of aliphatic hydroxyl groups excluding tert-OH is 1. The molecule has 1 heterocycles. The van der Waals surface area contributed by atoms with E-state index in [0.717, 1.165) is 12.1 Å². The Morgan fingerprint density at radius 3 is 2.52 bits per heavy atom. The van der Waals surface area contributed by atoms with Crippen LogP contribution in [0.3, 0.4) is 0 Å². The second-order valence-corrected chi connectivity index (χ2v) is 4.61. The van der Waals surface area contributed by atoms with E-state index in [9.17, 15) is 18.3 Å². The van der Waals surface area contributed by atoms with Gasteiger partial charge in [-0.05, 0) is 23.8 Å². The highest BCUT2D eigenvalue weighted by atomic mass is 19.4. The Bertz CT molecular complexity index is 538. The van der Waals surface area contributed by atoms with Crippen molar-refractivity contribution in [1.82, 2.24) is 15.1 Å². The molecule has 0 aliphatic rings. The van der Waals surface area contributed by atoms with Gasteiger partial charge in [0, 0.05) is 25.5 Å². The molecule has 0 fully saturated rings. The molecule has 2 aromatic rings. The van der Waals surface area contributed by atoms with Gasteiger partial charge in [0.2, 0.25) is 0 Å².